The molecule has 0 spiro atoms. The molecule has 27 heavy (non-hydrogen) atoms. The first-order valence-corrected chi connectivity index (χ1v) is 10.4. The fourth-order valence-electron chi connectivity index (χ4n) is 2.06. The van der Waals surface area contributed by atoms with E-state index >= 15 is 0 Å². The van der Waals surface area contributed by atoms with E-state index in [1.165, 1.54) is 24.3 Å². The normalized spacial score (nSPS) is 11.5. The van der Waals surface area contributed by atoms with E-state index in [0.717, 1.165) is 0 Å². The van der Waals surface area contributed by atoms with Crippen LogP contribution < -0.4 is 14.8 Å². The number of nitrogens with one attached hydrogen (secondary N) is 2. The van der Waals surface area contributed by atoms with Gasteiger partial charge in [-0.05, 0) is 50.2 Å². The molecule has 0 atom stereocenters. The van der Waals surface area contributed by atoms with E-state index in [-0.39, 0.29) is 28.3 Å². The second kappa shape index (κ2) is 9.12. The highest BCUT2D eigenvalue weighted by Crippen LogP contribution is 2.28. The maximum absolute atomic E-state index is 12.1. The van der Waals surface area contributed by atoms with Crippen molar-refractivity contribution >= 4 is 56.4 Å². The van der Waals surface area contributed by atoms with Gasteiger partial charge in [0.2, 0.25) is 10.0 Å². The van der Waals surface area contributed by atoms with Crippen LogP contribution >= 0.6 is 34.8 Å². The summed E-state index contributed by atoms with van der Waals surface area (Å²) in [6.07, 6.45) is 0. The Morgan fingerprint density at radius 3 is 2.33 bits per heavy atom. The molecule has 0 saturated heterocycles. The van der Waals surface area contributed by atoms with E-state index in [2.05, 4.69) is 10.0 Å². The summed E-state index contributed by atoms with van der Waals surface area (Å²) in [5, 5.41) is 3.36. The van der Waals surface area contributed by atoms with Gasteiger partial charge >= 0.3 is 0 Å². The van der Waals surface area contributed by atoms with Crippen LogP contribution in [0.1, 0.15) is 13.8 Å². The van der Waals surface area contributed by atoms with Gasteiger partial charge in [0.25, 0.3) is 5.91 Å². The topological polar surface area (TPSA) is 84.5 Å². The van der Waals surface area contributed by atoms with Crippen molar-refractivity contribution in [3.8, 4) is 5.75 Å². The van der Waals surface area contributed by atoms with Crippen molar-refractivity contribution in [1.29, 1.82) is 0 Å². The Bertz CT molecular complexity index is 949. The van der Waals surface area contributed by atoms with Crippen molar-refractivity contribution in [2.75, 3.05) is 11.9 Å². The summed E-state index contributed by atoms with van der Waals surface area (Å²) in [7, 11) is -3.67. The van der Waals surface area contributed by atoms with Gasteiger partial charge in [-0.2, -0.15) is 0 Å². The van der Waals surface area contributed by atoms with E-state index in [0.29, 0.717) is 15.7 Å². The highest BCUT2D eigenvalue weighted by molar-refractivity contribution is 7.89. The van der Waals surface area contributed by atoms with Crippen molar-refractivity contribution in [1.82, 2.24) is 4.72 Å². The summed E-state index contributed by atoms with van der Waals surface area (Å²) in [5.74, 6) is -0.257. The minimum Gasteiger partial charge on any atom is -0.482 e. The lowest BCUT2D eigenvalue weighted by Crippen LogP contribution is -2.30. The zero-order valence-electron chi connectivity index (χ0n) is 14.4. The van der Waals surface area contributed by atoms with Gasteiger partial charge in [0, 0.05) is 11.7 Å². The van der Waals surface area contributed by atoms with Crippen LogP contribution in [-0.2, 0) is 14.8 Å². The van der Waals surface area contributed by atoms with Crippen LogP contribution in [0.3, 0.4) is 0 Å². The molecule has 0 saturated carbocycles. The van der Waals surface area contributed by atoms with Crippen molar-refractivity contribution in [3.63, 3.8) is 0 Å². The number of carbonyl (C=O) groups is 1. The average molecular weight is 452 g/mol. The van der Waals surface area contributed by atoms with Crippen LogP contribution in [0.4, 0.5) is 5.69 Å². The molecule has 2 rings (SSSR count). The summed E-state index contributed by atoms with van der Waals surface area (Å²) in [4.78, 5) is 12.0. The molecule has 10 heteroatoms. The molecule has 0 fully saturated rings. The predicted octanol–water partition coefficient (Wildman–Crippen LogP) is 4.35. The molecule has 0 aliphatic carbocycles. The Hall–Kier alpha value is -1.51. The molecule has 0 radical (unpaired) electrons. The van der Waals surface area contributed by atoms with Crippen LogP contribution in [0.15, 0.2) is 41.3 Å². The Morgan fingerprint density at radius 1 is 1.04 bits per heavy atom. The standard InChI is InChI=1S/C17H17Cl3N2O4S/c1-10(2)22-27(24,25)12-4-6-16(15(20)8-12)26-9-17(23)21-11-3-5-13(18)14(19)7-11/h3-8,10,22H,9H2,1-2H3,(H,21,23). The average Bonchev–Trinajstić information content (AvgIpc) is 2.56. The van der Waals surface area contributed by atoms with Crippen LogP contribution in [0, 0.1) is 0 Å². The number of hydrogen-bond donors (Lipinski definition) is 2. The maximum Gasteiger partial charge on any atom is 0.262 e. The molecule has 0 heterocycles. The van der Waals surface area contributed by atoms with Crippen LogP contribution in [0.2, 0.25) is 15.1 Å². The number of benzene rings is 2. The number of rotatable bonds is 7. The first-order chi connectivity index (χ1) is 12.6. The number of sulfonamides is 1. The fourth-order valence-corrected chi connectivity index (χ4v) is 3.93. The third-order valence-corrected chi connectivity index (χ3v) is 5.86. The minimum absolute atomic E-state index is 0.00816. The van der Waals surface area contributed by atoms with Crippen LogP contribution in [-0.4, -0.2) is 27.0 Å². The number of amides is 1. The van der Waals surface area contributed by atoms with Crippen molar-refractivity contribution in [3.05, 3.63) is 51.5 Å². The van der Waals surface area contributed by atoms with Gasteiger partial charge in [-0.3, -0.25) is 4.79 Å². The zero-order valence-corrected chi connectivity index (χ0v) is 17.5. The second-order valence-electron chi connectivity index (χ2n) is 5.83. The molecule has 0 bridgehead atoms. The Morgan fingerprint density at radius 2 is 1.74 bits per heavy atom. The van der Waals surface area contributed by atoms with Crippen LogP contribution in [0.25, 0.3) is 0 Å². The number of anilines is 1. The van der Waals surface area contributed by atoms with Gasteiger partial charge in [0.05, 0.1) is 20.0 Å². The lowest BCUT2D eigenvalue weighted by atomic mass is 10.3. The van der Waals surface area contributed by atoms with Gasteiger partial charge in [0.1, 0.15) is 5.75 Å². The van der Waals surface area contributed by atoms with Gasteiger partial charge in [-0.25, -0.2) is 13.1 Å². The highest BCUT2D eigenvalue weighted by atomic mass is 35.5. The van der Waals surface area contributed by atoms with Gasteiger partial charge in [-0.1, -0.05) is 34.8 Å². The Labute approximate surface area is 172 Å². The van der Waals surface area contributed by atoms with Crippen molar-refractivity contribution in [2.24, 2.45) is 0 Å². The first-order valence-electron chi connectivity index (χ1n) is 7.78. The van der Waals surface area contributed by atoms with E-state index in [1.807, 2.05) is 0 Å². The van der Waals surface area contributed by atoms with Gasteiger partial charge < -0.3 is 10.1 Å². The Kier molecular flexibility index (Phi) is 7.36. The molecule has 0 unspecified atom stereocenters. The summed E-state index contributed by atoms with van der Waals surface area (Å²) in [5.41, 5.74) is 0.463. The molecular weight excluding hydrogens is 435 g/mol. The summed E-state index contributed by atoms with van der Waals surface area (Å²) < 4.78 is 32.1. The number of ether oxygens (including phenoxy) is 1. The van der Waals surface area contributed by atoms with E-state index in [9.17, 15) is 13.2 Å². The number of halogens is 3. The number of hydrogen-bond acceptors (Lipinski definition) is 4. The third-order valence-electron chi connectivity index (χ3n) is 3.17. The molecule has 146 valence electrons. The van der Waals surface area contributed by atoms with E-state index < -0.39 is 15.9 Å². The van der Waals surface area contributed by atoms with E-state index in [4.69, 9.17) is 39.5 Å². The minimum atomic E-state index is -3.67. The molecule has 0 aliphatic heterocycles. The third kappa shape index (κ3) is 6.26. The Balaban J connectivity index is 2.01. The lowest BCUT2D eigenvalue weighted by molar-refractivity contribution is -0.118. The molecule has 1 amide bonds. The smallest absolute Gasteiger partial charge is 0.262 e. The molecule has 0 aromatic heterocycles. The van der Waals surface area contributed by atoms with Gasteiger partial charge in [0.15, 0.2) is 6.61 Å². The summed E-state index contributed by atoms with van der Waals surface area (Å²) >= 11 is 17.8. The zero-order chi connectivity index (χ0) is 20.2. The summed E-state index contributed by atoms with van der Waals surface area (Å²) in [6.45, 7) is 3.10. The monoisotopic (exact) mass is 450 g/mol. The van der Waals surface area contributed by atoms with E-state index in [1.54, 1.807) is 26.0 Å². The molecular formula is C17H17Cl3N2O4S. The molecule has 6 nitrogen and oxygen atoms in total. The molecule has 2 N–H and O–H groups in total. The maximum atomic E-state index is 12.1. The fraction of sp³-hybridized carbons (Fsp3) is 0.235. The number of carbonyl (C=O) groups excluding carboxylic acids is 1. The largest absolute Gasteiger partial charge is 0.482 e. The molecule has 2 aromatic rings. The predicted molar refractivity (Wildman–Crippen MR) is 107 cm³/mol. The first kappa shape index (κ1) is 21.8. The van der Waals surface area contributed by atoms with Crippen LogP contribution in [0.5, 0.6) is 5.75 Å². The molecule has 0 aliphatic rings. The second-order valence-corrected chi connectivity index (χ2v) is 8.77. The van der Waals surface area contributed by atoms with Crippen molar-refractivity contribution in [2.45, 2.75) is 24.8 Å². The highest BCUT2D eigenvalue weighted by Gasteiger charge is 2.17. The lowest BCUT2D eigenvalue weighted by Gasteiger charge is -2.12. The quantitative estimate of drug-likeness (QED) is 0.655. The molecule has 2 aromatic carbocycles. The summed E-state index contributed by atoms with van der Waals surface area (Å²) in [6, 6.07) is 8.41. The van der Waals surface area contributed by atoms with Crippen molar-refractivity contribution < 1.29 is 17.9 Å². The SMILES string of the molecule is CC(C)NS(=O)(=O)c1ccc(OCC(=O)Nc2ccc(Cl)c(Cl)c2)c(Cl)c1. The van der Waals surface area contributed by atoms with Gasteiger partial charge in [-0.15, -0.1) is 0 Å².